The molecule has 1 fully saturated rings. The molecular weight excluding hydrogens is 336 g/mol. The molecule has 0 amide bonds. The summed E-state index contributed by atoms with van der Waals surface area (Å²) in [5.41, 5.74) is 0.711. The quantitative estimate of drug-likeness (QED) is 0.498. The van der Waals surface area contributed by atoms with Crippen molar-refractivity contribution in [3.05, 3.63) is 24.3 Å². The van der Waals surface area contributed by atoms with Gasteiger partial charge >= 0.3 is 0 Å². The van der Waals surface area contributed by atoms with Crippen LogP contribution in [0.15, 0.2) is 29.2 Å². The fourth-order valence-electron chi connectivity index (χ4n) is 2.23. The van der Waals surface area contributed by atoms with Crippen LogP contribution in [0, 0.1) is 0 Å². The van der Waals surface area contributed by atoms with E-state index in [0.29, 0.717) is 10.8 Å². The van der Waals surface area contributed by atoms with Crippen LogP contribution in [0.2, 0.25) is 0 Å². The van der Waals surface area contributed by atoms with Gasteiger partial charge in [0.1, 0.15) is 0 Å². The average Bonchev–Trinajstić information content (AvgIpc) is 2.52. The van der Waals surface area contributed by atoms with E-state index in [1.54, 1.807) is 12.1 Å². The van der Waals surface area contributed by atoms with Crippen molar-refractivity contribution < 1.29 is 13.2 Å². The van der Waals surface area contributed by atoms with E-state index in [1.807, 2.05) is 0 Å². The molecular formula is C14H22N4O3S2. The molecule has 0 aliphatic carbocycles. The number of nitrogens with zero attached hydrogens (tertiary/aromatic N) is 1. The van der Waals surface area contributed by atoms with Crippen LogP contribution >= 0.6 is 12.2 Å². The Labute approximate surface area is 142 Å². The van der Waals surface area contributed by atoms with Gasteiger partial charge in [-0.15, -0.1) is 0 Å². The fraction of sp³-hybridized carbons (Fsp3) is 0.500. The molecule has 1 aliphatic heterocycles. The number of hydrogen-bond acceptors (Lipinski definition) is 5. The van der Waals surface area contributed by atoms with E-state index >= 15 is 0 Å². The third-order valence-corrected chi connectivity index (χ3v) is 4.66. The van der Waals surface area contributed by atoms with Gasteiger partial charge in [0.25, 0.3) is 0 Å². The molecule has 0 atom stereocenters. The van der Waals surface area contributed by atoms with Crippen LogP contribution in [-0.2, 0) is 14.8 Å². The van der Waals surface area contributed by atoms with Gasteiger partial charge in [-0.1, -0.05) is 0 Å². The maximum absolute atomic E-state index is 11.2. The Bertz CT molecular complexity index is 613. The SMILES string of the molecule is NS(=O)(=O)c1ccc(NC(=S)NCCCN2CCOCC2)cc1. The normalized spacial score (nSPS) is 16.0. The molecule has 9 heteroatoms. The van der Waals surface area contributed by atoms with Crippen molar-refractivity contribution in [2.75, 3.05) is 44.7 Å². The van der Waals surface area contributed by atoms with E-state index < -0.39 is 10.0 Å². The van der Waals surface area contributed by atoms with Gasteiger partial charge in [-0.3, -0.25) is 4.90 Å². The van der Waals surface area contributed by atoms with Crippen LogP contribution in [-0.4, -0.2) is 57.8 Å². The van der Waals surface area contributed by atoms with Gasteiger partial charge in [0, 0.05) is 25.3 Å². The summed E-state index contributed by atoms with van der Waals surface area (Å²) < 4.78 is 27.7. The molecule has 1 heterocycles. The molecule has 0 aromatic heterocycles. The minimum absolute atomic E-state index is 0.0763. The van der Waals surface area contributed by atoms with Crippen LogP contribution in [0.5, 0.6) is 0 Å². The molecule has 1 aromatic rings. The standard InChI is InChI=1S/C14H22N4O3S2/c15-23(19,20)13-4-2-12(3-5-13)17-14(22)16-6-1-7-18-8-10-21-11-9-18/h2-5H,1,6-11H2,(H2,15,19,20)(H2,16,17,22). The number of nitrogens with one attached hydrogen (secondary N) is 2. The Hall–Kier alpha value is -1.26. The highest BCUT2D eigenvalue weighted by Crippen LogP contribution is 2.12. The third kappa shape index (κ3) is 6.40. The van der Waals surface area contributed by atoms with E-state index in [-0.39, 0.29) is 4.90 Å². The second-order valence-corrected chi connectivity index (χ2v) is 7.23. The van der Waals surface area contributed by atoms with Crippen molar-refractivity contribution in [1.29, 1.82) is 0 Å². The van der Waals surface area contributed by atoms with Crippen molar-refractivity contribution in [3.63, 3.8) is 0 Å². The lowest BCUT2D eigenvalue weighted by Crippen LogP contribution is -2.38. The summed E-state index contributed by atoms with van der Waals surface area (Å²) >= 11 is 5.21. The van der Waals surface area contributed by atoms with Gasteiger partial charge in [0.05, 0.1) is 18.1 Å². The molecule has 1 aromatic carbocycles. The second-order valence-electron chi connectivity index (χ2n) is 5.26. The van der Waals surface area contributed by atoms with Gasteiger partial charge in [0.2, 0.25) is 10.0 Å². The van der Waals surface area contributed by atoms with Crippen molar-refractivity contribution in [1.82, 2.24) is 10.2 Å². The number of nitrogens with two attached hydrogens (primary N) is 1. The zero-order chi connectivity index (χ0) is 16.7. The van der Waals surface area contributed by atoms with Gasteiger partial charge < -0.3 is 15.4 Å². The lowest BCUT2D eigenvalue weighted by molar-refractivity contribution is 0.0376. The van der Waals surface area contributed by atoms with Crippen molar-refractivity contribution >= 4 is 33.0 Å². The predicted octanol–water partition coefficient (Wildman–Crippen LogP) is 0.343. The first-order chi connectivity index (χ1) is 10.9. The maximum atomic E-state index is 11.2. The van der Waals surface area contributed by atoms with Crippen LogP contribution in [0.25, 0.3) is 0 Å². The summed E-state index contributed by atoms with van der Waals surface area (Å²) in [7, 11) is -3.67. The number of ether oxygens (including phenoxy) is 1. The third-order valence-electron chi connectivity index (χ3n) is 3.48. The summed E-state index contributed by atoms with van der Waals surface area (Å²) in [5, 5.41) is 11.7. The minimum atomic E-state index is -3.67. The molecule has 128 valence electrons. The van der Waals surface area contributed by atoms with Gasteiger partial charge in [0.15, 0.2) is 5.11 Å². The molecule has 1 saturated heterocycles. The van der Waals surface area contributed by atoms with E-state index in [2.05, 4.69) is 15.5 Å². The zero-order valence-electron chi connectivity index (χ0n) is 12.8. The Morgan fingerprint density at radius 2 is 1.91 bits per heavy atom. The first-order valence-electron chi connectivity index (χ1n) is 7.43. The number of morpholine rings is 1. The van der Waals surface area contributed by atoms with Gasteiger partial charge in [-0.25, -0.2) is 13.6 Å². The van der Waals surface area contributed by atoms with Crippen molar-refractivity contribution in [2.45, 2.75) is 11.3 Å². The molecule has 0 unspecified atom stereocenters. The topological polar surface area (TPSA) is 96.7 Å². The number of sulfonamides is 1. The van der Waals surface area contributed by atoms with E-state index in [9.17, 15) is 8.42 Å². The zero-order valence-corrected chi connectivity index (χ0v) is 14.5. The van der Waals surface area contributed by atoms with Crippen LogP contribution in [0.1, 0.15) is 6.42 Å². The molecule has 4 N–H and O–H groups in total. The van der Waals surface area contributed by atoms with E-state index in [4.69, 9.17) is 22.1 Å². The Kier molecular flexibility index (Phi) is 6.72. The minimum Gasteiger partial charge on any atom is -0.379 e. The highest BCUT2D eigenvalue weighted by atomic mass is 32.2. The highest BCUT2D eigenvalue weighted by Gasteiger charge is 2.09. The van der Waals surface area contributed by atoms with Crippen LogP contribution in [0.4, 0.5) is 5.69 Å². The molecule has 0 bridgehead atoms. The smallest absolute Gasteiger partial charge is 0.238 e. The number of thiocarbonyl (C=S) groups is 1. The van der Waals surface area contributed by atoms with E-state index in [1.165, 1.54) is 12.1 Å². The Morgan fingerprint density at radius 1 is 1.26 bits per heavy atom. The molecule has 0 radical (unpaired) electrons. The largest absolute Gasteiger partial charge is 0.379 e. The molecule has 2 rings (SSSR count). The number of rotatable bonds is 6. The van der Waals surface area contributed by atoms with Gasteiger partial charge in [-0.2, -0.15) is 0 Å². The first kappa shape index (κ1) is 18.1. The average molecular weight is 358 g/mol. The molecule has 1 aliphatic rings. The Balaban J connectivity index is 1.68. The first-order valence-corrected chi connectivity index (χ1v) is 9.38. The molecule has 7 nitrogen and oxygen atoms in total. The monoisotopic (exact) mass is 358 g/mol. The van der Waals surface area contributed by atoms with E-state index in [0.717, 1.165) is 45.8 Å². The maximum Gasteiger partial charge on any atom is 0.238 e. The number of benzene rings is 1. The lowest BCUT2D eigenvalue weighted by atomic mass is 10.3. The number of hydrogen-bond donors (Lipinski definition) is 3. The van der Waals surface area contributed by atoms with Crippen molar-refractivity contribution in [3.8, 4) is 0 Å². The summed E-state index contributed by atoms with van der Waals surface area (Å²) in [5.74, 6) is 0. The summed E-state index contributed by atoms with van der Waals surface area (Å²) in [6.45, 7) is 5.38. The molecule has 23 heavy (non-hydrogen) atoms. The highest BCUT2D eigenvalue weighted by molar-refractivity contribution is 7.89. The number of primary sulfonamides is 1. The molecule has 0 spiro atoms. The summed E-state index contributed by atoms with van der Waals surface area (Å²) in [6.07, 6.45) is 0.992. The van der Waals surface area contributed by atoms with Crippen LogP contribution < -0.4 is 15.8 Å². The lowest BCUT2D eigenvalue weighted by Gasteiger charge is -2.26. The summed E-state index contributed by atoms with van der Waals surface area (Å²) in [6, 6.07) is 6.14. The van der Waals surface area contributed by atoms with Crippen LogP contribution in [0.3, 0.4) is 0 Å². The summed E-state index contributed by atoms with van der Waals surface area (Å²) in [4.78, 5) is 2.45. The second kappa shape index (κ2) is 8.55. The van der Waals surface area contributed by atoms with Gasteiger partial charge in [-0.05, 0) is 49.4 Å². The predicted molar refractivity (Wildman–Crippen MR) is 93.9 cm³/mol. The number of anilines is 1. The fourth-order valence-corrected chi connectivity index (χ4v) is 2.97. The van der Waals surface area contributed by atoms with Crippen molar-refractivity contribution in [2.24, 2.45) is 5.14 Å². The Morgan fingerprint density at radius 3 is 2.52 bits per heavy atom. The molecule has 0 saturated carbocycles.